The average Bonchev–Trinajstić information content (AvgIpc) is 3.26. The van der Waals surface area contributed by atoms with E-state index >= 15 is 0 Å². The van der Waals surface area contributed by atoms with E-state index in [4.69, 9.17) is 18.9 Å². The number of methoxy groups -OCH3 is 2. The minimum Gasteiger partial charge on any atom is -0.497 e. The molecule has 2 atom stereocenters. The first kappa shape index (κ1) is 21.3. The number of rotatable bonds is 7. The van der Waals surface area contributed by atoms with Crippen molar-refractivity contribution in [1.29, 1.82) is 0 Å². The van der Waals surface area contributed by atoms with Crippen LogP contribution in [0.3, 0.4) is 0 Å². The van der Waals surface area contributed by atoms with Crippen molar-refractivity contribution in [2.75, 3.05) is 40.5 Å². The Kier molecular flexibility index (Phi) is 6.51. The molecule has 166 valence electrons. The Hall–Kier alpha value is -2.93. The number of benzene rings is 2. The molecule has 31 heavy (non-hydrogen) atoms. The molecule has 0 spiro atoms. The molecule has 2 unspecified atom stereocenters. The molecule has 0 radical (unpaired) electrons. The fourth-order valence-corrected chi connectivity index (χ4v) is 4.39. The van der Waals surface area contributed by atoms with Crippen LogP contribution in [0.2, 0.25) is 0 Å². The van der Waals surface area contributed by atoms with Gasteiger partial charge in [-0.15, -0.1) is 0 Å². The molecule has 7 heteroatoms. The van der Waals surface area contributed by atoms with E-state index in [1.165, 1.54) is 0 Å². The predicted octanol–water partition coefficient (Wildman–Crippen LogP) is 3.49. The monoisotopic (exact) mass is 426 g/mol. The van der Waals surface area contributed by atoms with Crippen LogP contribution in [0.1, 0.15) is 43.0 Å². The van der Waals surface area contributed by atoms with Gasteiger partial charge in [0.15, 0.2) is 11.5 Å². The standard InChI is InChI=1S/C24H30N2O5/c1-16(19-14-18(28-2)7-9-21(19)29-3)25-24(27)15-26-10-4-5-20(26)17-6-8-22-23(13-17)31-12-11-30-22/h6-9,13-14,16,20H,4-5,10-12,15H2,1-3H3,(H,25,27). The van der Waals surface area contributed by atoms with Gasteiger partial charge in [0.25, 0.3) is 0 Å². The van der Waals surface area contributed by atoms with E-state index in [9.17, 15) is 4.79 Å². The largest absolute Gasteiger partial charge is 0.497 e. The van der Waals surface area contributed by atoms with E-state index in [-0.39, 0.29) is 18.0 Å². The van der Waals surface area contributed by atoms with Gasteiger partial charge in [-0.2, -0.15) is 0 Å². The van der Waals surface area contributed by atoms with Crippen LogP contribution < -0.4 is 24.3 Å². The van der Waals surface area contributed by atoms with Crippen molar-refractivity contribution in [3.05, 3.63) is 47.5 Å². The third-order valence-corrected chi connectivity index (χ3v) is 5.94. The van der Waals surface area contributed by atoms with Gasteiger partial charge in [-0.05, 0) is 62.2 Å². The molecule has 0 saturated carbocycles. The van der Waals surface area contributed by atoms with Gasteiger partial charge in [-0.3, -0.25) is 9.69 Å². The Morgan fingerprint density at radius 3 is 2.71 bits per heavy atom. The van der Waals surface area contributed by atoms with E-state index in [0.29, 0.717) is 19.8 Å². The van der Waals surface area contributed by atoms with Crippen molar-refractivity contribution in [2.24, 2.45) is 0 Å². The molecule has 4 rings (SSSR count). The molecular weight excluding hydrogens is 396 g/mol. The van der Waals surface area contributed by atoms with Crippen LogP contribution in [0.15, 0.2) is 36.4 Å². The fourth-order valence-electron chi connectivity index (χ4n) is 4.39. The summed E-state index contributed by atoms with van der Waals surface area (Å²) in [6.45, 7) is 4.34. The third-order valence-electron chi connectivity index (χ3n) is 5.94. The highest BCUT2D eigenvalue weighted by Gasteiger charge is 2.29. The minimum absolute atomic E-state index is 0.0122. The summed E-state index contributed by atoms with van der Waals surface area (Å²) >= 11 is 0. The summed E-state index contributed by atoms with van der Waals surface area (Å²) in [6.07, 6.45) is 2.08. The van der Waals surface area contributed by atoms with Gasteiger partial charge in [0, 0.05) is 11.6 Å². The van der Waals surface area contributed by atoms with Crippen molar-refractivity contribution >= 4 is 5.91 Å². The highest BCUT2D eigenvalue weighted by atomic mass is 16.6. The molecule has 2 aliphatic rings. The summed E-state index contributed by atoms with van der Waals surface area (Å²) in [7, 11) is 3.25. The Bertz CT molecular complexity index is 932. The maximum Gasteiger partial charge on any atom is 0.234 e. The van der Waals surface area contributed by atoms with E-state index in [1.54, 1.807) is 14.2 Å². The lowest BCUT2D eigenvalue weighted by atomic mass is 10.0. The summed E-state index contributed by atoms with van der Waals surface area (Å²) < 4.78 is 22.2. The second-order valence-corrected chi connectivity index (χ2v) is 7.93. The molecule has 7 nitrogen and oxygen atoms in total. The maximum absolute atomic E-state index is 12.9. The number of hydrogen-bond acceptors (Lipinski definition) is 6. The van der Waals surface area contributed by atoms with Gasteiger partial charge in [0.05, 0.1) is 26.8 Å². The first-order valence-corrected chi connectivity index (χ1v) is 10.7. The third kappa shape index (κ3) is 4.71. The Balaban J connectivity index is 1.42. The summed E-state index contributed by atoms with van der Waals surface area (Å²) in [5, 5.41) is 3.11. The molecule has 0 aliphatic carbocycles. The molecule has 1 saturated heterocycles. The quantitative estimate of drug-likeness (QED) is 0.731. The molecule has 1 fully saturated rings. The van der Waals surface area contributed by atoms with Crippen molar-refractivity contribution in [3.63, 3.8) is 0 Å². The van der Waals surface area contributed by atoms with Crippen molar-refractivity contribution in [1.82, 2.24) is 10.2 Å². The lowest BCUT2D eigenvalue weighted by Crippen LogP contribution is -2.38. The zero-order chi connectivity index (χ0) is 21.8. The number of amides is 1. The fraction of sp³-hybridized carbons (Fsp3) is 0.458. The zero-order valence-electron chi connectivity index (χ0n) is 18.3. The molecule has 2 aliphatic heterocycles. The summed E-state index contributed by atoms with van der Waals surface area (Å²) in [4.78, 5) is 15.1. The van der Waals surface area contributed by atoms with E-state index < -0.39 is 0 Å². The van der Waals surface area contributed by atoms with Crippen LogP contribution in [-0.2, 0) is 4.79 Å². The summed E-state index contributed by atoms with van der Waals surface area (Å²) in [5.74, 6) is 3.03. The molecule has 1 N–H and O–H groups in total. The topological polar surface area (TPSA) is 69.3 Å². The first-order chi connectivity index (χ1) is 15.1. The van der Waals surface area contributed by atoms with Crippen molar-refractivity contribution < 1.29 is 23.7 Å². The lowest BCUT2D eigenvalue weighted by molar-refractivity contribution is -0.123. The summed E-state index contributed by atoms with van der Waals surface area (Å²) in [6, 6.07) is 11.7. The van der Waals surface area contributed by atoms with E-state index in [2.05, 4.69) is 22.3 Å². The van der Waals surface area contributed by atoms with Gasteiger partial charge in [0.2, 0.25) is 5.91 Å². The summed E-state index contributed by atoms with van der Waals surface area (Å²) in [5.41, 5.74) is 2.05. The van der Waals surface area contributed by atoms with Gasteiger partial charge >= 0.3 is 0 Å². The number of likely N-dealkylation sites (tertiary alicyclic amines) is 1. The smallest absolute Gasteiger partial charge is 0.234 e. The maximum atomic E-state index is 12.9. The van der Waals surface area contributed by atoms with Crippen molar-refractivity contribution in [3.8, 4) is 23.0 Å². The van der Waals surface area contributed by atoms with Gasteiger partial charge in [-0.1, -0.05) is 6.07 Å². The second-order valence-electron chi connectivity index (χ2n) is 7.93. The number of carbonyl (C=O) groups excluding carboxylic acids is 1. The number of nitrogens with one attached hydrogen (secondary N) is 1. The molecular formula is C24H30N2O5. The molecule has 0 bridgehead atoms. The predicted molar refractivity (Wildman–Crippen MR) is 117 cm³/mol. The number of hydrogen-bond donors (Lipinski definition) is 1. The van der Waals surface area contributed by atoms with Crippen LogP contribution in [-0.4, -0.2) is 51.3 Å². The van der Waals surface area contributed by atoms with Crippen molar-refractivity contribution in [2.45, 2.75) is 31.8 Å². The van der Waals surface area contributed by atoms with Crippen LogP contribution in [0.5, 0.6) is 23.0 Å². The van der Waals surface area contributed by atoms with Crippen LogP contribution >= 0.6 is 0 Å². The van der Waals surface area contributed by atoms with E-state index in [1.807, 2.05) is 31.2 Å². The van der Waals surface area contributed by atoms with E-state index in [0.717, 1.165) is 53.5 Å². The van der Waals surface area contributed by atoms with Crippen LogP contribution in [0.4, 0.5) is 0 Å². The molecule has 2 heterocycles. The number of ether oxygens (including phenoxy) is 4. The highest BCUT2D eigenvalue weighted by Crippen LogP contribution is 2.38. The second kappa shape index (κ2) is 9.47. The number of fused-ring (bicyclic) bond motifs is 1. The molecule has 0 aromatic heterocycles. The number of nitrogens with zero attached hydrogens (tertiary/aromatic N) is 1. The van der Waals surface area contributed by atoms with Gasteiger partial charge < -0.3 is 24.3 Å². The minimum atomic E-state index is -0.201. The van der Waals surface area contributed by atoms with Gasteiger partial charge in [0.1, 0.15) is 24.7 Å². The zero-order valence-corrected chi connectivity index (χ0v) is 18.3. The number of carbonyl (C=O) groups is 1. The Labute approximate surface area is 183 Å². The van der Waals surface area contributed by atoms with Crippen LogP contribution in [0, 0.1) is 0 Å². The molecule has 1 amide bonds. The Morgan fingerprint density at radius 2 is 1.94 bits per heavy atom. The van der Waals surface area contributed by atoms with Gasteiger partial charge in [-0.25, -0.2) is 0 Å². The molecule has 2 aromatic rings. The Morgan fingerprint density at radius 1 is 1.13 bits per heavy atom. The highest BCUT2D eigenvalue weighted by molar-refractivity contribution is 5.78. The normalized spacial score (nSPS) is 19.0. The lowest BCUT2D eigenvalue weighted by Gasteiger charge is -2.27. The van der Waals surface area contributed by atoms with Crippen LogP contribution in [0.25, 0.3) is 0 Å². The average molecular weight is 427 g/mol. The molecule has 2 aromatic carbocycles. The first-order valence-electron chi connectivity index (χ1n) is 10.7. The SMILES string of the molecule is COc1ccc(OC)c(C(C)NC(=O)CN2CCCC2c2ccc3c(c2)OCCO3)c1.